The molecule has 1 atom stereocenters. The molecule has 1 aromatic carbocycles. The van der Waals surface area contributed by atoms with Crippen LogP contribution in [0.5, 0.6) is 0 Å². The van der Waals surface area contributed by atoms with E-state index in [1.54, 1.807) is 0 Å². The first-order chi connectivity index (χ1) is 9.60. The predicted molar refractivity (Wildman–Crippen MR) is 85.5 cm³/mol. The Morgan fingerprint density at radius 3 is 2.75 bits per heavy atom. The summed E-state index contributed by atoms with van der Waals surface area (Å²) in [6.45, 7) is 3.63. The van der Waals surface area contributed by atoms with Gasteiger partial charge in [0.2, 0.25) is 5.91 Å². The van der Waals surface area contributed by atoms with Gasteiger partial charge in [-0.25, -0.2) is 0 Å². The number of amides is 1. The highest BCUT2D eigenvalue weighted by molar-refractivity contribution is 7.80. The lowest BCUT2D eigenvalue weighted by atomic mass is 9.98. The minimum Gasteiger partial charge on any atom is -0.369 e. The number of anilines is 1. The fourth-order valence-electron chi connectivity index (χ4n) is 2.42. The van der Waals surface area contributed by atoms with Gasteiger partial charge in [-0.1, -0.05) is 19.1 Å². The third kappa shape index (κ3) is 3.70. The quantitative estimate of drug-likeness (QED) is 0.838. The second-order valence-corrected chi connectivity index (χ2v) is 5.55. The van der Waals surface area contributed by atoms with Crippen LogP contribution >= 0.6 is 12.2 Å². The van der Waals surface area contributed by atoms with Crippen molar-refractivity contribution in [1.82, 2.24) is 4.90 Å². The zero-order valence-electron chi connectivity index (χ0n) is 11.8. The fourth-order valence-corrected chi connectivity index (χ4v) is 2.70. The molecule has 0 radical (unpaired) electrons. The molecule has 0 spiro atoms. The lowest BCUT2D eigenvalue weighted by Crippen LogP contribution is -2.45. The number of likely N-dealkylation sites (tertiary alicyclic amines) is 1. The summed E-state index contributed by atoms with van der Waals surface area (Å²) in [4.78, 5) is 13.3. The zero-order valence-corrected chi connectivity index (χ0v) is 12.6. The van der Waals surface area contributed by atoms with Crippen molar-refractivity contribution in [2.45, 2.75) is 26.2 Å². The Bertz CT molecular complexity index is 486. The van der Waals surface area contributed by atoms with Crippen LogP contribution in [0.2, 0.25) is 0 Å². The Kier molecular flexibility index (Phi) is 4.95. The summed E-state index contributed by atoms with van der Waals surface area (Å²) in [6.07, 6.45) is 2.83. The van der Waals surface area contributed by atoms with Crippen LogP contribution in [-0.4, -0.2) is 29.0 Å². The van der Waals surface area contributed by atoms with Crippen molar-refractivity contribution in [3.63, 3.8) is 0 Å². The molecule has 1 saturated heterocycles. The van der Waals surface area contributed by atoms with Crippen LogP contribution in [0.1, 0.15) is 25.3 Å². The van der Waals surface area contributed by atoms with E-state index in [0.717, 1.165) is 31.5 Å². The highest BCUT2D eigenvalue weighted by Crippen LogP contribution is 2.18. The van der Waals surface area contributed by atoms with Gasteiger partial charge in [-0.2, -0.15) is 0 Å². The molecule has 0 aromatic heterocycles. The van der Waals surface area contributed by atoms with Gasteiger partial charge in [0, 0.05) is 18.8 Å². The van der Waals surface area contributed by atoms with Crippen LogP contribution in [0.25, 0.3) is 0 Å². The van der Waals surface area contributed by atoms with E-state index in [2.05, 4.69) is 24.4 Å². The molecule has 1 amide bonds. The van der Waals surface area contributed by atoms with Crippen LogP contribution in [0.3, 0.4) is 0 Å². The number of rotatable bonds is 3. The summed E-state index contributed by atoms with van der Waals surface area (Å²) in [5.74, 6) is -0.323. The highest BCUT2D eigenvalue weighted by atomic mass is 32.1. The molecule has 108 valence electrons. The molecule has 5 heteroatoms. The van der Waals surface area contributed by atoms with E-state index in [1.807, 2.05) is 17.0 Å². The number of carbonyl (C=O) groups excluding carboxylic acids is 1. The molecular weight excluding hydrogens is 270 g/mol. The summed E-state index contributed by atoms with van der Waals surface area (Å²) in [6, 6.07) is 8.24. The maximum Gasteiger partial charge on any atom is 0.222 e. The van der Waals surface area contributed by atoms with Gasteiger partial charge in [-0.05, 0) is 49.2 Å². The fraction of sp³-hybridized carbons (Fsp3) is 0.467. The number of aryl methyl sites for hydroxylation is 1. The van der Waals surface area contributed by atoms with E-state index >= 15 is 0 Å². The largest absolute Gasteiger partial charge is 0.369 e. The Labute approximate surface area is 125 Å². The zero-order chi connectivity index (χ0) is 14.5. The average molecular weight is 291 g/mol. The van der Waals surface area contributed by atoms with Gasteiger partial charge in [0.05, 0.1) is 5.92 Å². The number of benzene rings is 1. The van der Waals surface area contributed by atoms with Crippen molar-refractivity contribution in [3.8, 4) is 0 Å². The summed E-state index contributed by atoms with van der Waals surface area (Å²) in [5.41, 5.74) is 7.66. The van der Waals surface area contributed by atoms with Gasteiger partial charge in [-0.3, -0.25) is 4.79 Å². The summed E-state index contributed by atoms with van der Waals surface area (Å²) >= 11 is 5.42. The molecule has 1 aliphatic rings. The Balaban J connectivity index is 1.95. The van der Waals surface area contributed by atoms with Gasteiger partial charge in [0.1, 0.15) is 0 Å². The molecule has 0 saturated carbocycles. The first kappa shape index (κ1) is 14.8. The molecule has 1 fully saturated rings. The molecule has 0 aliphatic carbocycles. The third-order valence-corrected chi connectivity index (χ3v) is 4.08. The number of nitrogens with one attached hydrogen (secondary N) is 1. The number of hydrogen-bond acceptors (Lipinski definition) is 2. The molecule has 1 aliphatic heterocycles. The van der Waals surface area contributed by atoms with Crippen LogP contribution in [0.15, 0.2) is 24.3 Å². The van der Waals surface area contributed by atoms with Crippen LogP contribution < -0.4 is 11.1 Å². The first-order valence-corrected chi connectivity index (χ1v) is 7.45. The SMILES string of the molecule is CCc1ccc(NC(=S)N2CCCC(C(N)=O)C2)cc1. The van der Waals surface area contributed by atoms with Crippen LogP contribution in [0, 0.1) is 5.92 Å². The van der Waals surface area contributed by atoms with Crippen molar-refractivity contribution in [2.24, 2.45) is 11.7 Å². The smallest absolute Gasteiger partial charge is 0.222 e. The lowest BCUT2D eigenvalue weighted by Gasteiger charge is -2.33. The Hall–Kier alpha value is -1.62. The minimum atomic E-state index is -0.232. The number of nitrogens with zero attached hydrogens (tertiary/aromatic N) is 1. The van der Waals surface area contributed by atoms with Gasteiger partial charge in [0.25, 0.3) is 0 Å². The van der Waals surface area contributed by atoms with Crippen molar-refractivity contribution >= 4 is 28.9 Å². The van der Waals surface area contributed by atoms with Gasteiger partial charge in [-0.15, -0.1) is 0 Å². The highest BCUT2D eigenvalue weighted by Gasteiger charge is 2.25. The number of primary amides is 1. The van der Waals surface area contributed by atoms with Gasteiger partial charge >= 0.3 is 0 Å². The molecule has 4 nitrogen and oxygen atoms in total. The van der Waals surface area contributed by atoms with E-state index in [1.165, 1.54) is 5.56 Å². The molecule has 1 heterocycles. The second kappa shape index (κ2) is 6.70. The number of thiocarbonyl (C=S) groups is 1. The van der Waals surface area contributed by atoms with E-state index in [4.69, 9.17) is 18.0 Å². The van der Waals surface area contributed by atoms with Crippen molar-refractivity contribution in [3.05, 3.63) is 29.8 Å². The maximum atomic E-state index is 11.3. The second-order valence-electron chi connectivity index (χ2n) is 5.17. The number of carbonyl (C=O) groups is 1. The number of piperidine rings is 1. The lowest BCUT2D eigenvalue weighted by molar-refractivity contribution is -0.122. The van der Waals surface area contributed by atoms with Crippen LogP contribution in [0.4, 0.5) is 5.69 Å². The molecule has 20 heavy (non-hydrogen) atoms. The molecule has 1 aromatic rings. The summed E-state index contributed by atoms with van der Waals surface area (Å²) in [5, 5.41) is 3.89. The van der Waals surface area contributed by atoms with Crippen molar-refractivity contribution < 1.29 is 4.79 Å². The Morgan fingerprint density at radius 1 is 1.45 bits per heavy atom. The standard InChI is InChI=1S/C15H21N3OS/c1-2-11-5-7-13(8-6-11)17-15(20)18-9-3-4-12(10-18)14(16)19/h5-8,12H,2-4,9-10H2,1H3,(H2,16,19)(H,17,20). The van der Waals surface area contributed by atoms with E-state index < -0.39 is 0 Å². The third-order valence-electron chi connectivity index (χ3n) is 3.72. The van der Waals surface area contributed by atoms with Gasteiger partial charge < -0.3 is 16.0 Å². The molecular formula is C15H21N3OS. The number of nitrogens with two attached hydrogens (primary N) is 1. The molecule has 0 bridgehead atoms. The normalized spacial score (nSPS) is 18.6. The van der Waals surface area contributed by atoms with Crippen molar-refractivity contribution in [1.29, 1.82) is 0 Å². The minimum absolute atomic E-state index is 0.0917. The first-order valence-electron chi connectivity index (χ1n) is 7.04. The van der Waals surface area contributed by atoms with E-state index in [9.17, 15) is 4.79 Å². The summed E-state index contributed by atoms with van der Waals surface area (Å²) in [7, 11) is 0. The van der Waals surface area contributed by atoms with Gasteiger partial charge in [0.15, 0.2) is 5.11 Å². The van der Waals surface area contributed by atoms with E-state index in [-0.39, 0.29) is 11.8 Å². The number of hydrogen-bond donors (Lipinski definition) is 2. The monoisotopic (exact) mass is 291 g/mol. The van der Waals surface area contributed by atoms with Crippen LogP contribution in [-0.2, 0) is 11.2 Å². The average Bonchev–Trinajstić information content (AvgIpc) is 2.48. The Morgan fingerprint density at radius 2 is 2.15 bits per heavy atom. The van der Waals surface area contributed by atoms with E-state index in [0.29, 0.717) is 11.7 Å². The molecule has 3 N–H and O–H groups in total. The molecule has 2 rings (SSSR count). The summed E-state index contributed by atoms with van der Waals surface area (Å²) < 4.78 is 0. The molecule has 1 unspecified atom stereocenters. The van der Waals surface area contributed by atoms with Crippen molar-refractivity contribution in [2.75, 3.05) is 18.4 Å². The predicted octanol–water partition coefficient (Wildman–Crippen LogP) is 2.14. The topological polar surface area (TPSA) is 58.4 Å². The maximum absolute atomic E-state index is 11.3.